The lowest BCUT2D eigenvalue weighted by Gasteiger charge is -2.13. The molecule has 0 spiro atoms. The largest absolute Gasteiger partial charge is 0.495 e. The summed E-state index contributed by atoms with van der Waals surface area (Å²) in [7, 11) is 1.52. The fourth-order valence-corrected chi connectivity index (χ4v) is 3.31. The van der Waals surface area contributed by atoms with E-state index in [0.717, 1.165) is 5.39 Å². The van der Waals surface area contributed by atoms with Gasteiger partial charge < -0.3 is 15.0 Å². The average Bonchev–Trinajstić information content (AvgIpc) is 3.01. The number of benzene rings is 1. The van der Waals surface area contributed by atoms with E-state index in [4.69, 9.17) is 21.6 Å². The third-order valence-electron chi connectivity index (χ3n) is 3.57. The van der Waals surface area contributed by atoms with Gasteiger partial charge >= 0.3 is 0 Å². The van der Waals surface area contributed by atoms with Crippen LogP contribution in [0.1, 0.15) is 23.4 Å². The van der Waals surface area contributed by atoms with Crippen molar-refractivity contribution in [2.75, 3.05) is 12.4 Å². The van der Waals surface area contributed by atoms with Crippen LogP contribution >= 0.6 is 22.9 Å². The van der Waals surface area contributed by atoms with Gasteiger partial charge in [-0.25, -0.2) is 4.98 Å². The second-order valence-electron chi connectivity index (χ2n) is 5.14. The van der Waals surface area contributed by atoms with Crippen molar-refractivity contribution in [3.63, 3.8) is 0 Å². The smallest absolute Gasteiger partial charge is 0.253 e. The maximum Gasteiger partial charge on any atom is 0.253 e. The molecule has 0 saturated carbocycles. The molecular weight excluding hydrogens is 348 g/mol. The van der Waals surface area contributed by atoms with E-state index < -0.39 is 0 Å². The second kappa shape index (κ2) is 6.51. The molecule has 3 aromatic rings. The second-order valence-corrected chi connectivity index (χ2v) is 6.57. The van der Waals surface area contributed by atoms with E-state index in [1.165, 1.54) is 24.6 Å². The number of nitriles is 1. The minimum Gasteiger partial charge on any atom is -0.495 e. The van der Waals surface area contributed by atoms with Crippen LogP contribution in [0.25, 0.3) is 10.9 Å². The van der Waals surface area contributed by atoms with E-state index in [1.807, 2.05) is 13.0 Å². The molecule has 1 aromatic carbocycles. The number of nitrogens with one attached hydrogen (secondary N) is 2. The lowest BCUT2D eigenvalue weighted by atomic mass is 10.1. The zero-order valence-electron chi connectivity index (χ0n) is 12.9. The van der Waals surface area contributed by atoms with Crippen LogP contribution in [0.3, 0.4) is 0 Å². The lowest BCUT2D eigenvalue weighted by Crippen LogP contribution is -2.19. The van der Waals surface area contributed by atoms with Crippen LogP contribution in [-0.2, 0) is 0 Å². The lowest BCUT2D eigenvalue weighted by molar-refractivity contribution is 0.415. The number of fused-ring (bicyclic) bond motifs is 1. The number of H-pyrrole nitrogens is 1. The summed E-state index contributed by atoms with van der Waals surface area (Å²) in [6.07, 6.45) is 1.50. The van der Waals surface area contributed by atoms with Crippen LogP contribution in [0.5, 0.6) is 5.75 Å². The molecule has 1 atom stereocenters. The number of hydrogen-bond donors (Lipinski definition) is 2. The van der Waals surface area contributed by atoms with Gasteiger partial charge in [0.2, 0.25) is 0 Å². The summed E-state index contributed by atoms with van der Waals surface area (Å²) in [5.74, 6) is 0.505. The Kier molecular flexibility index (Phi) is 4.42. The van der Waals surface area contributed by atoms with Crippen LogP contribution in [0.4, 0.5) is 5.13 Å². The molecule has 6 nitrogen and oxygen atoms in total. The minimum atomic E-state index is -0.281. The molecule has 0 fully saturated rings. The molecule has 0 bridgehead atoms. The molecule has 2 heterocycles. The first-order valence-corrected chi connectivity index (χ1v) is 8.24. The summed E-state index contributed by atoms with van der Waals surface area (Å²) in [4.78, 5) is 19.8. The van der Waals surface area contributed by atoms with Crippen molar-refractivity contribution in [1.82, 2.24) is 9.97 Å². The third-order valence-corrected chi connectivity index (χ3v) is 4.70. The van der Waals surface area contributed by atoms with Gasteiger partial charge in [-0.1, -0.05) is 22.9 Å². The third kappa shape index (κ3) is 3.07. The first-order chi connectivity index (χ1) is 11.5. The predicted molar refractivity (Wildman–Crippen MR) is 95.0 cm³/mol. The number of aromatic amines is 1. The van der Waals surface area contributed by atoms with Crippen LogP contribution in [-0.4, -0.2) is 17.1 Å². The van der Waals surface area contributed by atoms with Gasteiger partial charge in [0.15, 0.2) is 5.13 Å². The maximum atomic E-state index is 12.4. The molecule has 3 rings (SSSR count). The number of thiazole rings is 1. The zero-order chi connectivity index (χ0) is 17.3. The summed E-state index contributed by atoms with van der Waals surface area (Å²) in [6.45, 7) is 1.86. The number of anilines is 1. The molecule has 24 heavy (non-hydrogen) atoms. The highest BCUT2D eigenvalue weighted by molar-refractivity contribution is 7.16. The van der Waals surface area contributed by atoms with E-state index in [0.29, 0.717) is 31.9 Å². The summed E-state index contributed by atoms with van der Waals surface area (Å²) < 4.78 is 5.16. The molecule has 2 N–H and O–H groups in total. The van der Waals surface area contributed by atoms with E-state index in [2.05, 4.69) is 15.3 Å². The van der Waals surface area contributed by atoms with Gasteiger partial charge in [0.05, 0.1) is 29.9 Å². The Hall–Kier alpha value is -2.56. The fourth-order valence-electron chi connectivity index (χ4n) is 2.36. The van der Waals surface area contributed by atoms with Gasteiger partial charge in [-0.05, 0) is 19.1 Å². The van der Waals surface area contributed by atoms with Gasteiger partial charge in [-0.15, -0.1) is 0 Å². The Morgan fingerprint density at radius 2 is 2.25 bits per heavy atom. The Balaban J connectivity index is 1.97. The van der Waals surface area contributed by atoms with E-state index in [1.54, 1.807) is 18.2 Å². The topological polar surface area (TPSA) is 90.8 Å². The Bertz CT molecular complexity index is 1010. The van der Waals surface area contributed by atoms with Crippen molar-refractivity contribution in [1.29, 1.82) is 5.26 Å². The summed E-state index contributed by atoms with van der Waals surface area (Å²) in [5.41, 5.74) is 1.000. The van der Waals surface area contributed by atoms with Gasteiger partial charge in [-0.2, -0.15) is 5.26 Å². The maximum absolute atomic E-state index is 12.4. The zero-order valence-corrected chi connectivity index (χ0v) is 14.5. The standard InChI is InChI=1S/C16H13ClN4O2S/c1-8(20-16-19-7-10(6-18)24-16)11-3-9-4-12(17)14(23-2)5-13(9)21-15(11)22/h3-5,7-8H,1-2H3,(H,19,20)(H,21,22). The van der Waals surface area contributed by atoms with Crippen molar-refractivity contribution >= 4 is 39.0 Å². The van der Waals surface area contributed by atoms with E-state index >= 15 is 0 Å². The summed E-state index contributed by atoms with van der Waals surface area (Å²) in [5, 5.41) is 13.9. The average molecular weight is 361 g/mol. The number of hydrogen-bond acceptors (Lipinski definition) is 6. The minimum absolute atomic E-state index is 0.205. The molecule has 8 heteroatoms. The van der Waals surface area contributed by atoms with Crippen molar-refractivity contribution < 1.29 is 4.74 Å². The van der Waals surface area contributed by atoms with Crippen molar-refractivity contribution in [3.8, 4) is 11.8 Å². The number of halogens is 1. The molecule has 0 aliphatic rings. The highest BCUT2D eigenvalue weighted by atomic mass is 35.5. The van der Waals surface area contributed by atoms with Crippen molar-refractivity contribution in [2.24, 2.45) is 0 Å². The normalized spacial score (nSPS) is 11.9. The molecule has 122 valence electrons. The van der Waals surface area contributed by atoms with Crippen LogP contribution < -0.4 is 15.6 Å². The van der Waals surface area contributed by atoms with Crippen LogP contribution in [0, 0.1) is 11.3 Å². The molecule has 0 saturated heterocycles. The molecular formula is C16H13ClN4O2S. The summed E-state index contributed by atoms with van der Waals surface area (Å²) in [6, 6.07) is 6.99. The van der Waals surface area contributed by atoms with Crippen molar-refractivity contribution in [2.45, 2.75) is 13.0 Å². The van der Waals surface area contributed by atoms with Gasteiger partial charge in [0, 0.05) is 17.0 Å². The van der Waals surface area contributed by atoms with Crippen molar-refractivity contribution in [3.05, 3.63) is 50.2 Å². The monoisotopic (exact) mass is 360 g/mol. The highest BCUT2D eigenvalue weighted by Crippen LogP contribution is 2.30. The number of aromatic nitrogens is 2. The quantitative estimate of drug-likeness (QED) is 0.740. The number of pyridine rings is 1. The first-order valence-electron chi connectivity index (χ1n) is 7.04. The molecule has 0 aliphatic carbocycles. The van der Waals surface area contributed by atoms with E-state index in [9.17, 15) is 4.79 Å². The van der Waals surface area contributed by atoms with Crippen LogP contribution in [0.15, 0.2) is 29.2 Å². The van der Waals surface area contributed by atoms with Gasteiger partial charge in [0.25, 0.3) is 5.56 Å². The molecule has 0 aliphatic heterocycles. The molecule has 0 amide bonds. The summed E-state index contributed by atoms with van der Waals surface area (Å²) >= 11 is 7.39. The Morgan fingerprint density at radius 3 is 2.92 bits per heavy atom. The highest BCUT2D eigenvalue weighted by Gasteiger charge is 2.14. The number of methoxy groups -OCH3 is 1. The van der Waals surface area contributed by atoms with E-state index in [-0.39, 0.29) is 11.6 Å². The number of nitrogens with zero attached hydrogens (tertiary/aromatic N) is 2. The number of rotatable bonds is 4. The first kappa shape index (κ1) is 16.3. The SMILES string of the molecule is COc1cc2[nH]c(=O)c(C(C)Nc3ncc(C#N)s3)cc2cc1Cl. The predicted octanol–water partition coefficient (Wildman–Crippen LogP) is 3.69. The van der Waals surface area contributed by atoms with Gasteiger partial charge in [-0.3, -0.25) is 4.79 Å². The molecule has 0 radical (unpaired) electrons. The molecule has 2 aromatic heterocycles. The molecule has 1 unspecified atom stereocenters. The van der Waals surface area contributed by atoms with Crippen LogP contribution in [0.2, 0.25) is 5.02 Å². The fraction of sp³-hybridized carbons (Fsp3) is 0.188. The Labute approximate surface area is 146 Å². The number of ether oxygens (including phenoxy) is 1. The van der Waals surface area contributed by atoms with Gasteiger partial charge in [0.1, 0.15) is 16.7 Å². The Morgan fingerprint density at radius 1 is 1.46 bits per heavy atom.